The third kappa shape index (κ3) is 4.19. The number of carboxylic acid groups (broad SMARTS) is 1. The van der Waals surface area contributed by atoms with E-state index in [4.69, 9.17) is 5.11 Å². The molecule has 1 aromatic heterocycles. The van der Waals surface area contributed by atoms with Crippen LogP contribution in [0.15, 0.2) is 24.4 Å². The third-order valence-corrected chi connectivity index (χ3v) is 3.38. The molecular weight excluding hydrogens is 256 g/mol. The lowest BCUT2D eigenvalue weighted by atomic mass is 9.95. The summed E-state index contributed by atoms with van der Waals surface area (Å²) in [6, 6.07) is 3.55. The molecule has 1 heterocycles. The number of nitrogens with zero attached hydrogens (tertiary/aromatic N) is 1. The first kappa shape index (κ1) is 14.2. The lowest BCUT2D eigenvalue weighted by molar-refractivity contribution is -0.131. The quantitative estimate of drug-likeness (QED) is 0.825. The first-order chi connectivity index (χ1) is 9.65. The van der Waals surface area contributed by atoms with Crippen LogP contribution in [0.25, 0.3) is 6.08 Å². The molecule has 0 saturated heterocycles. The Kier molecular flexibility index (Phi) is 4.87. The highest BCUT2D eigenvalue weighted by atomic mass is 16.4. The summed E-state index contributed by atoms with van der Waals surface area (Å²) in [5, 5.41) is 11.5. The number of rotatable bonds is 4. The number of hydrogen-bond donors (Lipinski definition) is 2. The molecule has 20 heavy (non-hydrogen) atoms. The Labute approximate surface area is 117 Å². The Morgan fingerprint density at radius 1 is 1.25 bits per heavy atom. The number of carbonyl (C=O) groups excluding carboxylic acids is 1. The molecule has 0 aromatic carbocycles. The molecule has 1 aromatic rings. The number of amides is 1. The second-order valence-corrected chi connectivity index (χ2v) is 4.96. The summed E-state index contributed by atoms with van der Waals surface area (Å²) in [4.78, 5) is 26.5. The first-order valence-corrected chi connectivity index (χ1v) is 6.83. The lowest BCUT2D eigenvalue weighted by Crippen LogP contribution is -2.36. The van der Waals surface area contributed by atoms with E-state index in [0.29, 0.717) is 11.3 Å². The van der Waals surface area contributed by atoms with Crippen LogP contribution in [0.3, 0.4) is 0 Å². The Morgan fingerprint density at radius 2 is 2.00 bits per heavy atom. The molecule has 0 bridgehead atoms. The maximum atomic E-state index is 12.0. The highest BCUT2D eigenvalue weighted by molar-refractivity contribution is 5.92. The van der Waals surface area contributed by atoms with Crippen molar-refractivity contribution < 1.29 is 14.7 Å². The number of carbonyl (C=O) groups is 2. The minimum atomic E-state index is -1.01. The number of hydrogen-bond acceptors (Lipinski definition) is 3. The van der Waals surface area contributed by atoms with E-state index < -0.39 is 5.97 Å². The third-order valence-electron chi connectivity index (χ3n) is 3.38. The molecule has 0 spiro atoms. The van der Waals surface area contributed by atoms with Crippen LogP contribution >= 0.6 is 0 Å². The first-order valence-electron chi connectivity index (χ1n) is 6.83. The Balaban J connectivity index is 1.94. The normalized spacial score (nSPS) is 16.2. The minimum absolute atomic E-state index is 0.161. The Bertz CT molecular complexity index is 502. The second kappa shape index (κ2) is 6.84. The van der Waals surface area contributed by atoms with Gasteiger partial charge in [-0.15, -0.1) is 0 Å². The maximum Gasteiger partial charge on any atom is 0.328 e. The predicted molar refractivity (Wildman–Crippen MR) is 75.2 cm³/mol. The van der Waals surface area contributed by atoms with Gasteiger partial charge in [0.25, 0.3) is 5.91 Å². The Morgan fingerprint density at radius 3 is 2.60 bits per heavy atom. The average molecular weight is 274 g/mol. The van der Waals surface area contributed by atoms with Crippen LogP contribution in [-0.2, 0) is 4.79 Å². The molecule has 106 valence electrons. The van der Waals surface area contributed by atoms with Crippen LogP contribution in [0, 0.1) is 0 Å². The molecule has 5 heteroatoms. The molecule has 0 aliphatic heterocycles. The molecular formula is C15H18N2O3. The zero-order valence-corrected chi connectivity index (χ0v) is 11.2. The van der Waals surface area contributed by atoms with Gasteiger partial charge < -0.3 is 10.4 Å². The molecule has 1 amide bonds. The van der Waals surface area contributed by atoms with Crippen LogP contribution in [0.2, 0.25) is 0 Å². The van der Waals surface area contributed by atoms with Crippen LogP contribution in [0.4, 0.5) is 0 Å². The summed E-state index contributed by atoms with van der Waals surface area (Å²) in [5.74, 6) is -1.17. The highest BCUT2D eigenvalue weighted by Crippen LogP contribution is 2.17. The van der Waals surface area contributed by atoms with Crippen LogP contribution in [0.1, 0.15) is 48.2 Å². The van der Waals surface area contributed by atoms with Crippen molar-refractivity contribution in [3.63, 3.8) is 0 Å². The smallest absolute Gasteiger partial charge is 0.328 e. The van der Waals surface area contributed by atoms with Crippen molar-refractivity contribution in [1.29, 1.82) is 0 Å². The van der Waals surface area contributed by atoms with Gasteiger partial charge in [0.05, 0.1) is 0 Å². The van der Waals surface area contributed by atoms with E-state index in [1.807, 2.05) is 0 Å². The second-order valence-electron chi connectivity index (χ2n) is 4.96. The van der Waals surface area contributed by atoms with Crippen molar-refractivity contribution in [3.05, 3.63) is 35.7 Å². The lowest BCUT2D eigenvalue weighted by Gasteiger charge is -2.22. The van der Waals surface area contributed by atoms with Crippen LogP contribution in [0.5, 0.6) is 0 Å². The SMILES string of the molecule is O=C(O)C=Cc1ccc(C(=O)NC2CCCCC2)nc1. The molecule has 2 N–H and O–H groups in total. The van der Waals surface area contributed by atoms with E-state index in [-0.39, 0.29) is 11.9 Å². The van der Waals surface area contributed by atoms with Crippen molar-refractivity contribution in [1.82, 2.24) is 10.3 Å². The fourth-order valence-electron chi connectivity index (χ4n) is 2.31. The van der Waals surface area contributed by atoms with E-state index in [2.05, 4.69) is 10.3 Å². The van der Waals surface area contributed by atoms with Crippen molar-refractivity contribution in [2.45, 2.75) is 38.1 Å². The molecule has 1 aliphatic rings. The highest BCUT2D eigenvalue weighted by Gasteiger charge is 2.17. The van der Waals surface area contributed by atoms with Crippen molar-refractivity contribution in [2.75, 3.05) is 0 Å². The summed E-state index contributed by atoms with van der Waals surface area (Å²) >= 11 is 0. The van der Waals surface area contributed by atoms with Gasteiger partial charge in [-0.25, -0.2) is 4.79 Å². The number of aromatic nitrogens is 1. The van der Waals surface area contributed by atoms with Gasteiger partial charge in [-0.2, -0.15) is 0 Å². The largest absolute Gasteiger partial charge is 0.478 e. The number of pyridine rings is 1. The van der Waals surface area contributed by atoms with Gasteiger partial charge in [0.2, 0.25) is 0 Å². The Hall–Kier alpha value is -2.17. The molecule has 0 atom stereocenters. The van der Waals surface area contributed by atoms with Gasteiger partial charge in [-0.05, 0) is 30.5 Å². The van der Waals surface area contributed by atoms with Gasteiger partial charge in [0.15, 0.2) is 0 Å². The van der Waals surface area contributed by atoms with Gasteiger partial charge in [0, 0.05) is 18.3 Å². The molecule has 1 saturated carbocycles. The number of carboxylic acids is 1. The molecule has 0 unspecified atom stereocenters. The van der Waals surface area contributed by atoms with Crippen LogP contribution in [-0.4, -0.2) is 28.0 Å². The average Bonchev–Trinajstić information content (AvgIpc) is 2.46. The van der Waals surface area contributed by atoms with Crippen LogP contribution < -0.4 is 5.32 Å². The van der Waals surface area contributed by atoms with E-state index in [0.717, 1.165) is 31.8 Å². The summed E-state index contributed by atoms with van der Waals surface area (Å²) < 4.78 is 0. The van der Waals surface area contributed by atoms with Gasteiger partial charge in [0.1, 0.15) is 5.69 Å². The zero-order chi connectivity index (χ0) is 14.4. The van der Waals surface area contributed by atoms with Crippen molar-refractivity contribution >= 4 is 18.0 Å². The summed E-state index contributed by atoms with van der Waals surface area (Å²) in [6.45, 7) is 0. The van der Waals surface area contributed by atoms with Crippen molar-refractivity contribution in [3.8, 4) is 0 Å². The van der Waals surface area contributed by atoms with E-state index in [1.54, 1.807) is 12.1 Å². The van der Waals surface area contributed by atoms with E-state index in [1.165, 1.54) is 18.7 Å². The predicted octanol–water partition coefficient (Wildman–Crippen LogP) is 2.24. The fourth-order valence-corrected chi connectivity index (χ4v) is 2.31. The molecule has 1 aliphatic carbocycles. The van der Waals surface area contributed by atoms with Crippen molar-refractivity contribution in [2.24, 2.45) is 0 Å². The molecule has 5 nitrogen and oxygen atoms in total. The van der Waals surface area contributed by atoms with Gasteiger partial charge in [-0.3, -0.25) is 9.78 Å². The summed E-state index contributed by atoms with van der Waals surface area (Å²) in [6.07, 6.45) is 9.62. The molecule has 0 radical (unpaired) electrons. The standard InChI is InChI=1S/C15H18N2O3/c18-14(19)9-7-11-6-8-13(16-10-11)15(20)17-12-4-2-1-3-5-12/h6-10,12H,1-5H2,(H,17,20)(H,18,19). The monoisotopic (exact) mass is 274 g/mol. The van der Waals surface area contributed by atoms with Gasteiger partial charge >= 0.3 is 5.97 Å². The summed E-state index contributed by atoms with van der Waals surface area (Å²) in [7, 11) is 0. The molecule has 1 fully saturated rings. The minimum Gasteiger partial charge on any atom is -0.478 e. The zero-order valence-electron chi connectivity index (χ0n) is 11.2. The fraction of sp³-hybridized carbons (Fsp3) is 0.400. The van der Waals surface area contributed by atoms with Gasteiger partial charge in [-0.1, -0.05) is 25.3 Å². The van der Waals surface area contributed by atoms with E-state index in [9.17, 15) is 9.59 Å². The number of aliphatic carboxylic acids is 1. The van der Waals surface area contributed by atoms with E-state index >= 15 is 0 Å². The maximum absolute atomic E-state index is 12.0. The topological polar surface area (TPSA) is 79.3 Å². The number of nitrogens with one attached hydrogen (secondary N) is 1. The summed E-state index contributed by atoms with van der Waals surface area (Å²) in [5.41, 5.74) is 1.02. The molecule has 2 rings (SSSR count).